The van der Waals surface area contributed by atoms with Gasteiger partial charge in [-0.25, -0.2) is 4.85 Å². The quantitative estimate of drug-likeness (QED) is 0.132. The van der Waals surface area contributed by atoms with Crippen LogP contribution in [0.15, 0.2) is 140 Å². The molecular formula is C47H23F6N5. The predicted octanol–water partition coefficient (Wildman–Crippen LogP) is 13.5. The normalized spacial score (nSPS) is 11.9. The molecule has 0 aliphatic carbocycles. The first-order valence-corrected chi connectivity index (χ1v) is 17.7. The minimum Gasteiger partial charge on any atom is -0.309 e. The van der Waals surface area contributed by atoms with E-state index in [2.05, 4.69) is 17.0 Å². The molecule has 0 unspecified atom stereocenters. The van der Waals surface area contributed by atoms with Gasteiger partial charge in [-0.3, -0.25) is 0 Å². The van der Waals surface area contributed by atoms with Crippen LogP contribution in [0.1, 0.15) is 22.3 Å². The van der Waals surface area contributed by atoms with Crippen LogP contribution < -0.4 is 0 Å². The minimum atomic E-state index is -5.12. The fraction of sp³-hybridized carbons (Fsp3) is 0.0426. The number of hydrogen-bond acceptors (Lipinski definition) is 2. The van der Waals surface area contributed by atoms with E-state index in [4.69, 9.17) is 6.57 Å². The van der Waals surface area contributed by atoms with Crippen LogP contribution in [0.5, 0.6) is 0 Å². The molecule has 9 aromatic rings. The Kier molecular flexibility index (Phi) is 8.13. The number of aromatic nitrogens is 2. The second kappa shape index (κ2) is 13.2. The summed E-state index contributed by atoms with van der Waals surface area (Å²) in [6.45, 7) is 7.67. The van der Waals surface area contributed by atoms with Gasteiger partial charge in [-0.05, 0) is 89.3 Å². The van der Waals surface area contributed by atoms with Crippen LogP contribution in [-0.4, -0.2) is 9.13 Å². The number of fused-ring (bicyclic) bond motifs is 6. The molecule has 0 N–H and O–H groups in total. The molecule has 58 heavy (non-hydrogen) atoms. The summed E-state index contributed by atoms with van der Waals surface area (Å²) in [7, 11) is 0. The van der Waals surface area contributed by atoms with Crippen molar-refractivity contribution >= 4 is 49.3 Å². The number of nitriles is 2. The summed E-state index contributed by atoms with van der Waals surface area (Å²) < 4.78 is 89.0. The molecule has 11 heteroatoms. The number of nitrogens with zero attached hydrogens (tertiary/aromatic N) is 5. The molecule has 0 saturated heterocycles. The van der Waals surface area contributed by atoms with Crippen LogP contribution in [0.2, 0.25) is 0 Å². The van der Waals surface area contributed by atoms with E-state index in [0.29, 0.717) is 61.8 Å². The molecule has 2 aromatic heterocycles. The Balaban J connectivity index is 1.41. The first-order valence-electron chi connectivity index (χ1n) is 17.7. The molecule has 0 amide bonds. The van der Waals surface area contributed by atoms with Gasteiger partial charge >= 0.3 is 12.4 Å². The summed E-state index contributed by atoms with van der Waals surface area (Å²) in [5.41, 5.74) is 2.74. The van der Waals surface area contributed by atoms with E-state index < -0.39 is 29.0 Å². The molecule has 0 aliphatic rings. The van der Waals surface area contributed by atoms with E-state index in [9.17, 15) is 36.9 Å². The van der Waals surface area contributed by atoms with Crippen molar-refractivity contribution in [3.05, 3.63) is 173 Å². The molecule has 0 bridgehead atoms. The summed E-state index contributed by atoms with van der Waals surface area (Å²) in [6, 6.07) is 41.2. The van der Waals surface area contributed by atoms with E-state index >= 15 is 0 Å². The maximum Gasteiger partial charge on any atom is 0.417 e. The van der Waals surface area contributed by atoms with Crippen molar-refractivity contribution < 1.29 is 26.3 Å². The first kappa shape index (κ1) is 35.9. The lowest BCUT2D eigenvalue weighted by Crippen LogP contribution is -2.12. The maximum atomic E-state index is 14.6. The third kappa shape index (κ3) is 5.70. The molecule has 0 aliphatic heterocycles. The molecule has 0 spiro atoms. The highest BCUT2D eigenvalue weighted by molar-refractivity contribution is 6.12. The van der Waals surface area contributed by atoms with Crippen LogP contribution in [0.3, 0.4) is 0 Å². The van der Waals surface area contributed by atoms with Gasteiger partial charge in [0.1, 0.15) is 0 Å². The molecule has 0 atom stereocenters. The smallest absolute Gasteiger partial charge is 0.309 e. The molecule has 0 saturated carbocycles. The van der Waals surface area contributed by atoms with Gasteiger partial charge in [-0.2, -0.15) is 36.9 Å². The van der Waals surface area contributed by atoms with E-state index in [0.717, 1.165) is 33.3 Å². The number of para-hydroxylation sites is 2. The lowest BCUT2D eigenvalue weighted by atomic mass is 9.92. The van der Waals surface area contributed by atoms with Gasteiger partial charge in [0.15, 0.2) is 5.69 Å². The third-order valence-corrected chi connectivity index (χ3v) is 10.4. The average Bonchev–Trinajstić information content (AvgIpc) is 3.74. The van der Waals surface area contributed by atoms with Gasteiger partial charge < -0.3 is 9.13 Å². The Morgan fingerprint density at radius 1 is 0.483 bits per heavy atom. The molecule has 2 heterocycles. The van der Waals surface area contributed by atoms with Crippen molar-refractivity contribution in [2.75, 3.05) is 0 Å². The molecule has 9 rings (SSSR count). The molecule has 7 aromatic carbocycles. The Hall–Kier alpha value is -7.81. The second-order valence-electron chi connectivity index (χ2n) is 13.7. The Morgan fingerprint density at radius 2 is 1.00 bits per heavy atom. The molecule has 0 fully saturated rings. The van der Waals surface area contributed by atoms with Gasteiger partial charge in [0, 0.05) is 27.3 Å². The number of hydrogen-bond donors (Lipinski definition) is 0. The molecule has 278 valence electrons. The Morgan fingerprint density at radius 3 is 1.60 bits per heavy atom. The van der Waals surface area contributed by atoms with Crippen LogP contribution in [0.4, 0.5) is 32.0 Å². The highest BCUT2D eigenvalue weighted by Gasteiger charge is 2.38. The van der Waals surface area contributed by atoms with Gasteiger partial charge in [-0.15, -0.1) is 0 Å². The van der Waals surface area contributed by atoms with Crippen LogP contribution >= 0.6 is 0 Å². The highest BCUT2D eigenvalue weighted by atomic mass is 19.4. The van der Waals surface area contributed by atoms with Crippen molar-refractivity contribution in [3.8, 4) is 45.8 Å². The van der Waals surface area contributed by atoms with Gasteiger partial charge in [-0.1, -0.05) is 66.7 Å². The zero-order valence-corrected chi connectivity index (χ0v) is 29.8. The van der Waals surface area contributed by atoms with Gasteiger partial charge in [0.2, 0.25) is 0 Å². The minimum absolute atomic E-state index is 0.0135. The number of halogens is 6. The van der Waals surface area contributed by atoms with Crippen molar-refractivity contribution in [1.29, 1.82) is 10.5 Å². The van der Waals surface area contributed by atoms with Gasteiger partial charge in [0.25, 0.3) is 0 Å². The van der Waals surface area contributed by atoms with Crippen molar-refractivity contribution in [1.82, 2.24) is 9.13 Å². The van der Waals surface area contributed by atoms with E-state index in [1.807, 2.05) is 63.7 Å². The monoisotopic (exact) mass is 771 g/mol. The van der Waals surface area contributed by atoms with Crippen molar-refractivity contribution in [3.63, 3.8) is 0 Å². The fourth-order valence-electron chi connectivity index (χ4n) is 7.92. The average molecular weight is 772 g/mol. The van der Waals surface area contributed by atoms with Crippen LogP contribution in [-0.2, 0) is 12.4 Å². The Labute approximate surface area is 325 Å². The van der Waals surface area contributed by atoms with Crippen LogP contribution in [0, 0.1) is 29.2 Å². The van der Waals surface area contributed by atoms with Gasteiger partial charge in [0.05, 0.1) is 74.4 Å². The van der Waals surface area contributed by atoms with E-state index in [1.54, 1.807) is 54.6 Å². The first-order chi connectivity index (χ1) is 27.9. The fourth-order valence-corrected chi connectivity index (χ4v) is 7.92. The zero-order chi connectivity index (χ0) is 40.5. The predicted molar refractivity (Wildman–Crippen MR) is 212 cm³/mol. The lowest BCUT2D eigenvalue weighted by molar-refractivity contribution is -0.142. The summed E-state index contributed by atoms with van der Waals surface area (Å²) in [4.78, 5) is 3.61. The molecule has 5 nitrogen and oxygen atoms in total. The summed E-state index contributed by atoms with van der Waals surface area (Å²) in [5, 5.41) is 23.0. The number of rotatable bonds is 4. The van der Waals surface area contributed by atoms with E-state index in [1.165, 1.54) is 12.1 Å². The number of alkyl halides is 6. The third-order valence-electron chi connectivity index (χ3n) is 10.4. The van der Waals surface area contributed by atoms with Crippen LogP contribution in [0.25, 0.3) is 82.1 Å². The SMILES string of the molecule is [C-]#[N+]c1ccc2c(c1)c1ccccc1n2-c1cc(-c2ccc(C(F)(F)F)cc2C(F)(F)F)ccc1-c1ccc(C#N)cc1-n1c2ccccc2c2cc(C#N)ccc21. The second-order valence-corrected chi connectivity index (χ2v) is 13.7. The van der Waals surface area contributed by atoms with Crippen molar-refractivity contribution in [2.45, 2.75) is 12.4 Å². The summed E-state index contributed by atoms with van der Waals surface area (Å²) in [6.07, 6.45) is -10.1. The Bertz CT molecular complexity index is 3310. The molecular weight excluding hydrogens is 749 g/mol. The maximum absolute atomic E-state index is 14.6. The zero-order valence-electron chi connectivity index (χ0n) is 29.8. The highest BCUT2D eigenvalue weighted by Crippen LogP contribution is 2.46. The largest absolute Gasteiger partial charge is 0.417 e. The number of benzene rings is 7. The van der Waals surface area contributed by atoms with E-state index in [-0.39, 0.29) is 11.6 Å². The lowest BCUT2D eigenvalue weighted by Gasteiger charge is -2.21. The summed E-state index contributed by atoms with van der Waals surface area (Å²) >= 11 is 0. The summed E-state index contributed by atoms with van der Waals surface area (Å²) in [5.74, 6) is 0. The van der Waals surface area contributed by atoms with Crippen molar-refractivity contribution in [2.24, 2.45) is 0 Å². The topological polar surface area (TPSA) is 61.8 Å². The molecule has 0 radical (unpaired) electrons. The standard InChI is InChI=1S/C47H23F6N5/c1-56-31-14-19-43-38(24-31)34-7-3-5-9-41(34)58(43)45-22-29(32-17-13-30(46(48,49)50)23-39(32)47(51,52)53)12-16-36(45)35-15-10-28(26-55)21-44(35)57-40-8-4-2-6-33(40)37-20-27(25-54)11-18-42(37)57/h2-24H.